The van der Waals surface area contributed by atoms with Gasteiger partial charge in [0, 0.05) is 32.7 Å². The summed E-state index contributed by atoms with van der Waals surface area (Å²) in [7, 11) is 1.87. The molecule has 2 unspecified atom stereocenters. The van der Waals surface area contributed by atoms with E-state index < -0.39 is 0 Å². The van der Waals surface area contributed by atoms with Crippen LogP contribution in [0.15, 0.2) is 4.99 Å². The van der Waals surface area contributed by atoms with Crippen LogP contribution in [0.3, 0.4) is 0 Å². The molecule has 0 aliphatic carbocycles. The largest absolute Gasteiger partial charge is 0.356 e. The van der Waals surface area contributed by atoms with E-state index in [1.807, 2.05) is 7.05 Å². The molecule has 2 aliphatic heterocycles. The molecule has 128 valence electrons. The molecule has 2 N–H and O–H groups in total. The Balaban J connectivity index is 1.65. The van der Waals surface area contributed by atoms with Gasteiger partial charge in [-0.05, 0) is 57.8 Å². The Labute approximate surface area is 136 Å². The van der Waals surface area contributed by atoms with Crippen LogP contribution in [-0.2, 0) is 0 Å². The Hall–Kier alpha value is -0.810. The van der Waals surface area contributed by atoms with Crippen LogP contribution in [0.5, 0.6) is 0 Å². The van der Waals surface area contributed by atoms with Gasteiger partial charge in [-0.1, -0.05) is 13.8 Å². The highest BCUT2D eigenvalue weighted by Gasteiger charge is 2.24. The number of likely N-dealkylation sites (tertiary alicyclic amines) is 2. The van der Waals surface area contributed by atoms with Crippen LogP contribution in [0.4, 0.5) is 0 Å². The Kier molecular flexibility index (Phi) is 7.46. The van der Waals surface area contributed by atoms with Crippen molar-refractivity contribution in [1.82, 2.24) is 20.4 Å². The summed E-state index contributed by atoms with van der Waals surface area (Å²) in [6.07, 6.45) is 5.23. The van der Waals surface area contributed by atoms with Gasteiger partial charge in [0.05, 0.1) is 0 Å². The summed E-state index contributed by atoms with van der Waals surface area (Å²) in [6.45, 7) is 12.7. The number of hydrogen-bond donors (Lipinski definition) is 2. The Morgan fingerprint density at radius 2 is 1.95 bits per heavy atom. The van der Waals surface area contributed by atoms with Crippen LogP contribution in [0.1, 0.15) is 39.5 Å². The molecule has 5 heteroatoms. The minimum Gasteiger partial charge on any atom is -0.356 e. The van der Waals surface area contributed by atoms with E-state index in [-0.39, 0.29) is 0 Å². The number of aliphatic imine (C=N–C) groups is 1. The fourth-order valence-corrected chi connectivity index (χ4v) is 3.82. The zero-order valence-corrected chi connectivity index (χ0v) is 14.8. The maximum atomic E-state index is 4.38. The van der Waals surface area contributed by atoms with Gasteiger partial charge in [-0.3, -0.25) is 9.89 Å². The highest BCUT2D eigenvalue weighted by molar-refractivity contribution is 5.79. The highest BCUT2D eigenvalue weighted by Crippen LogP contribution is 2.16. The van der Waals surface area contributed by atoms with Gasteiger partial charge in [0.1, 0.15) is 0 Å². The van der Waals surface area contributed by atoms with Crippen molar-refractivity contribution in [3.63, 3.8) is 0 Å². The van der Waals surface area contributed by atoms with Gasteiger partial charge >= 0.3 is 0 Å². The lowest BCUT2D eigenvalue weighted by Gasteiger charge is -2.24. The van der Waals surface area contributed by atoms with Crippen molar-refractivity contribution in [3.8, 4) is 0 Å². The van der Waals surface area contributed by atoms with Gasteiger partial charge in [-0.15, -0.1) is 0 Å². The number of rotatable bonds is 7. The SMILES string of the molecule is CCCN1CCC(CNC(=NC)NCC2CCCN2CC)C1. The van der Waals surface area contributed by atoms with Crippen LogP contribution in [0.25, 0.3) is 0 Å². The summed E-state index contributed by atoms with van der Waals surface area (Å²) in [5.41, 5.74) is 0. The van der Waals surface area contributed by atoms with Crippen LogP contribution in [0.2, 0.25) is 0 Å². The predicted octanol–water partition coefficient (Wildman–Crippen LogP) is 1.37. The summed E-state index contributed by atoms with van der Waals surface area (Å²) in [5.74, 6) is 1.74. The Bertz CT molecular complexity index is 344. The van der Waals surface area contributed by atoms with E-state index in [0.29, 0.717) is 6.04 Å². The molecule has 5 nitrogen and oxygen atoms in total. The van der Waals surface area contributed by atoms with Gasteiger partial charge < -0.3 is 15.5 Å². The fourth-order valence-electron chi connectivity index (χ4n) is 3.82. The summed E-state index contributed by atoms with van der Waals surface area (Å²) in [4.78, 5) is 9.53. The normalized spacial score (nSPS) is 27.5. The quantitative estimate of drug-likeness (QED) is 0.551. The van der Waals surface area contributed by atoms with Gasteiger partial charge in [-0.2, -0.15) is 0 Å². The number of likely N-dealkylation sites (N-methyl/N-ethyl adjacent to an activating group) is 1. The monoisotopic (exact) mass is 309 g/mol. The van der Waals surface area contributed by atoms with E-state index in [2.05, 4.69) is 39.3 Å². The van der Waals surface area contributed by atoms with E-state index in [1.54, 1.807) is 0 Å². The van der Waals surface area contributed by atoms with Gasteiger partial charge in [0.15, 0.2) is 5.96 Å². The molecule has 0 bridgehead atoms. The Morgan fingerprint density at radius 3 is 2.68 bits per heavy atom. The summed E-state index contributed by atoms with van der Waals surface area (Å²) < 4.78 is 0. The average Bonchev–Trinajstić information content (AvgIpc) is 3.16. The Morgan fingerprint density at radius 1 is 1.14 bits per heavy atom. The van der Waals surface area contributed by atoms with Crippen molar-refractivity contribution in [1.29, 1.82) is 0 Å². The predicted molar refractivity (Wildman–Crippen MR) is 94.5 cm³/mol. The average molecular weight is 310 g/mol. The number of nitrogens with one attached hydrogen (secondary N) is 2. The van der Waals surface area contributed by atoms with Crippen molar-refractivity contribution < 1.29 is 0 Å². The maximum Gasteiger partial charge on any atom is 0.191 e. The van der Waals surface area contributed by atoms with E-state index in [9.17, 15) is 0 Å². The minimum atomic E-state index is 0.676. The first-order chi connectivity index (χ1) is 10.8. The van der Waals surface area contributed by atoms with Gasteiger partial charge in [-0.25, -0.2) is 0 Å². The van der Waals surface area contributed by atoms with Crippen LogP contribution >= 0.6 is 0 Å². The van der Waals surface area contributed by atoms with E-state index in [1.165, 1.54) is 51.9 Å². The molecular weight excluding hydrogens is 274 g/mol. The lowest BCUT2D eigenvalue weighted by Crippen LogP contribution is -2.46. The lowest BCUT2D eigenvalue weighted by molar-refractivity contribution is 0.267. The zero-order valence-electron chi connectivity index (χ0n) is 14.8. The van der Waals surface area contributed by atoms with Crippen molar-refractivity contribution in [3.05, 3.63) is 0 Å². The van der Waals surface area contributed by atoms with Crippen molar-refractivity contribution >= 4 is 5.96 Å². The van der Waals surface area contributed by atoms with Crippen LogP contribution in [-0.4, -0.2) is 74.7 Å². The molecule has 0 aromatic heterocycles. The first kappa shape index (κ1) is 17.5. The molecule has 0 amide bonds. The lowest BCUT2D eigenvalue weighted by atomic mass is 10.1. The zero-order chi connectivity index (χ0) is 15.8. The smallest absolute Gasteiger partial charge is 0.191 e. The second kappa shape index (κ2) is 9.36. The third-order valence-corrected chi connectivity index (χ3v) is 5.10. The minimum absolute atomic E-state index is 0.676. The molecule has 0 aromatic carbocycles. The molecule has 0 radical (unpaired) electrons. The van der Waals surface area contributed by atoms with Crippen molar-refractivity contribution in [2.45, 2.75) is 45.6 Å². The third kappa shape index (κ3) is 5.13. The maximum absolute atomic E-state index is 4.38. The van der Waals surface area contributed by atoms with E-state index in [0.717, 1.165) is 31.5 Å². The molecule has 2 saturated heterocycles. The van der Waals surface area contributed by atoms with Gasteiger partial charge in [0.2, 0.25) is 0 Å². The summed E-state index contributed by atoms with van der Waals surface area (Å²) in [6, 6.07) is 0.676. The topological polar surface area (TPSA) is 42.9 Å². The van der Waals surface area contributed by atoms with Crippen LogP contribution in [0, 0.1) is 5.92 Å². The molecule has 0 saturated carbocycles. The number of hydrogen-bond acceptors (Lipinski definition) is 3. The molecule has 2 rings (SSSR count). The molecule has 22 heavy (non-hydrogen) atoms. The standard InChI is InChI=1S/C17H35N5/c1-4-9-21-11-8-15(14-21)12-19-17(18-3)20-13-16-7-6-10-22(16)5-2/h15-16H,4-14H2,1-3H3,(H2,18,19,20). The third-order valence-electron chi connectivity index (χ3n) is 5.10. The van der Waals surface area contributed by atoms with E-state index >= 15 is 0 Å². The molecule has 2 atom stereocenters. The first-order valence-corrected chi connectivity index (χ1v) is 9.17. The second-order valence-corrected chi connectivity index (χ2v) is 6.71. The van der Waals surface area contributed by atoms with E-state index in [4.69, 9.17) is 0 Å². The summed E-state index contributed by atoms with van der Waals surface area (Å²) in [5, 5.41) is 7.04. The first-order valence-electron chi connectivity index (χ1n) is 9.17. The molecular formula is C17H35N5. The molecule has 2 heterocycles. The molecule has 0 spiro atoms. The highest BCUT2D eigenvalue weighted by atomic mass is 15.2. The van der Waals surface area contributed by atoms with Crippen LogP contribution < -0.4 is 10.6 Å². The van der Waals surface area contributed by atoms with Crippen molar-refractivity contribution in [2.75, 3.05) is 52.9 Å². The fraction of sp³-hybridized carbons (Fsp3) is 0.941. The van der Waals surface area contributed by atoms with Crippen molar-refractivity contribution in [2.24, 2.45) is 10.9 Å². The van der Waals surface area contributed by atoms with Gasteiger partial charge in [0.25, 0.3) is 0 Å². The number of guanidine groups is 1. The second-order valence-electron chi connectivity index (χ2n) is 6.71. The molecule has 0 aromatic rings. The molecule has 2 aliphatic rings. The number of nitrogens with zero attached hydrogens (tertiary/aromatic N) is 3. The molecule has 2 fully saturated rings. The summed E-state index contributed by atoms with van der Waals surface area (Å²) >= 11 is 0.